The van der Waals surface area contributed by atoms with Crippen LogP contribution in [0.4, 0.5) is 0 Å². The highest BCUT2D eigenvalue weighted by Crippen LogP contribution is 2.43. The molecule has 0 bridgehead atoms. The molecule has 69 heavy (non-hydrogen) atoms. The molecule has 0 heterocycles. The Balaban J connectivity index is 3.93. The lowest BCUT2D eigenvalue weighted by molar-refractivity contribution is -0.161. The molecule has 398 valence electrons. The average Bonchev–Trinajstić information content (AvgIpc) is 3.34. The van der Waals surface area contributed by atoms with Crippen molar-refractivity contribution in [3.8, 4) is 0 Å². The summed E-state index contributed by atoms with van der Waals surface area (Å²) < 4.78 is 33.0. The van der Waals surface area contributed by atoms with Crippen molar-refractivity contribution in [2.45, 2.75) is 251 Å². The fraction of sp³-hybridized carbons (Fsp3) is 0.729. The molecule has 2 unspecified atom stereocenters. The molecule has 0 aliphatic carbocycles. The van der Waals surface area contributed by atoms with Crippen LogP contribution in [0.2, 0.25) is 0 Å². The minimum Gasteiger partial charge on any atom is -0.462 e. The number of rotatable bonds is 52. The summed E-state index contributed by atoms with van der Waals surface area (Å²) in [6.07, 6.45) is 70.7. The third-order valence-electron chi connectivity index (χ3n) is 11.8. The minimum atomic E-state index is -4.39. The van der Waals surface area contributed by atoms with Gasteiger partial charge in [-0.25, -0.2) is 4.57 Å². The van der Waals surface area contributed by atoms with Crippen LogP contribution in [0.1, 0.15) is 245 Å². The second-order valence-corrected chi connectivity index (χ2v) is 19.8. The summed E-state index contributed by atoms with van der Waals surface area (Å²) in [5, 5.41) is 0. The largest absolute Gasteiger partial charge is 0.472 e. The number of carbonyl (C=O) groups is 2. The average molecular weight is 986 g/mol. The molecule has 0 radical (unpaired) electrons. The van der Waals surface area contributed by atoms with Crippen LogP contribution in [0, 0.1) is 0 Å². The molecule has 2 atom stereocenters. The van der Waals surface area contributed by atoms with Crippen LogP contribution in [0.3, 0.4) is 0 Å². The van der Waals surface area contributed by atoms with Gasteiger partial charge in [0.1, 0.15) is 6.61 Å². The van der Waals surface area contributed by atoms with Crippen LogP contribution in [-0.2, 0) is 32.7 Å². The first-order valence-corrected chi connectivity index (χ1v) is 29.6. The van der Waals surface area contributed by atoms with Crippen molar-refractivity contribution in [1.82, 2.24) is 0 Å². The van der Waals surface area contributed by atoms with Gasteiger partial charge in [0, 0.05) is 19.4 Å². The minimum absolute atomic E-state index is 0.0496. The lowest BCUT2D eigenvalue weighted by atomic mass is 10.0. The van der Waals surface area contributed by atoms with Gasteiger partial charge in [-0.05, 0) is 83.5 Å². The number of hydrogen-bond acceptors (Lipinski definition) is 8. The van der Waals surface area contributed by atoms with Crippen molar-refractivity contribution < 1.29 is 37.6 Å². The van der Waals surface area contributed by atoms with Gasteiger partial charge in [-0.15, -0.1) is 0 Å². The van der Waals surface area contributed by atoms with Crippen molar-refractivity contribution in [2.24, 2.45) is 5.73 Å². The summed E-state index contributed by atoms with van der Waals surface area (Å²) in [5.41, 5.74) is 5.38. The molecule has 0 rings (SSSR count). The smallest absolute Gasteiger partial charge is 0.462 e. The molecule has 0 spiro atoms. The van der Waals surface area contributed by atoms with Crippen LogP contribution in [0.5, 0.6) is 0 Å². The molecular weight excluding hydrogens is 882 g/mol. The summed E-state index contributed by atoms with van der Waals surface area (Å²) in [7, 11) is -4.39. The van der Waals surface area contributed by atoms with Crippen LogP contribution in [0.15, 0.2) is 85.1 Å². The number of ether oxygens (including phenoxy) is 2. The highest BCUT2D eigenvalue weighted by molar-refractivity contribution is 7.47. The molecule has 3 N–H and O–H groups in total. The summed E-state index contributed by atoms with van der Waals surface area (Å²) in [5.74, 6) is -0.836. The maximum atomic E-state index is 12.7. The molecule has 10 heteroatoms. The summed E-state index contributed by atoms with van der Waals surface area (Å²) in [6, 6.07) is 0. The van der Waals surface area contributed by atoms with Gasteiger partial charge in [0.15, 0.2) is 6.10 Å². The van der Waals surface area contributed by atoms with E-state index >= 15 is 0 Å². The van der Waals surface area contributed by atoms with Crippen LogP contribution < -0.4 is 5.73 Å². The molecule has 0 aliphatic rings. The van der Waals surface area contributed by atoms with E-state index in [0.29, 0.717) is 6.42 Å². The van der Waals surface area contributed by atoms with Gasteiger partial charge >= 0.3 is 19.8 Å². The Morgan fingerprint density at radius 1 is 0.435 bits per heavy atom. The number of nitrogens with two attached hydrogens (primary N) is 1. The fourth-order valence-corrected chi connectivity index (χ4v) is 8.47. The Morgan fingerprint density at radius 2 is 0.754 bits per heavy atom. The van der Waals surface area contributed by atoms with E-state index in [-0.39, 0.29) is 32.6 Å². The van der Waals surface area contributed by atoms with E-state index in [1.807, 2.05) is 0 Å². The lowest BCUT2D eigenvalue weighted by Gasteiger charge is -2.19. The molecule has 0 amide bonds. The van der Waals surface area contributed by atoms with Gasteiger partial charge in [-0.1, -0.05) is 234 Å². The number of carbonyl (C=O) groups excluding carboxylic acids is 2. The van der Waals surface area contributed by atoms with Gasteiger partial charge in [0.05, 0.1) is 13.2 Å². The number of phosphoric ester groups is 1. The zero-order valence-corrected chi connectivity index (χ0v) is 45.2. The fourth-order valence-electron chi connectivity index (χ4n) is 7.70. The topological polar surface area (TPSA) is 134 Å². The molecule has 0 saturated carbocycles. The van der Waals surface area contributed by atoms with Crippen LogP contribution >= 0.6 is 7.82 Å². The molecule has 0 aromatic heterocycles. The molecule has 9 nitrogen and oxygen atoms in total. The van der Waals surface area contributed by atoms with E-state index in [4.69, 9.17) is 24.3 Å². The quantitative estimate of drug-likeness (QED) is 0.0264. The third-order valence-corrected chi connectivity index (χ3v) is 12.8. The highest BCUT2D eigenvalue weighted by atomic mass is 31.2. The van der Waals surface area contributed by atoms with E-state index in [2.05, 4.69) is 98.9 Å². The normalized spacial score (nSPS) is 13.7. The van der Waals surface area contributed by atoms with Gasteiger partial charge in [-0.3, -0.25) is 18.6 Å². The first-order chi connectivity index (χ1) is 33.8. The SMILES string of the molecule is CC/C=C\C/C=C\C/C=C\C/C=C\CCCCCCCCCCCCCCCCCCCCC(=O)OC(COC(=O)CCCCCCCCC/C=C\C/C=C\C/C=C\CC)COP(=O)(O)OCCN. The molecule has 0 saturated heterocycles. The van der Waals surface area contributed by atoms with Gasteiger partial charge < -0.3 is 20.1 Å². The standard InChI is InChI=1S/C59H104NO8P/c1-3-5-7-9-11-13-15-17-19-21-22-23-24-25-26-27-28-29-30-31-32-33-34-36-38-40-42-44-46-48-50-52-59(62)68-57(56-67-69(63,64)66-54-53-60)55-65-58(61)51-49-47-45-43-41-39-37-35-20-18-16-14-12-10-8-6-4-2/h5-8,11-14,17-20,22-23,57H,3-4,9-10,15-16,21,24-56,60H2,1-2H3,(H,63,64)/b7-5-,8-6-,13-11-,14-12-,19-17-,20-18-,23-22-. The molecule has 0 fully saturated rings. The molecular formula is C59H104NO8P. The van der Waals surface area contributed by atoms with E-state index in [9.17, 15) is 19.0 Å². The second kappa shape index (κ2) is 54.5. The maximum absolute atomic E-state index is 12.7. The predicted molar refractivity (Wildman–Crippen MR) is 293 cm³/mol. The van der Waals surface area contributed by atoms with Gasteiger partial charge in [-0.2, -0.15) is 0 Å². The zero-order chi connectivity index (χ0) is 50.2. The summed E-state index contributed by atoms with van der Waals surface area (Å²) in [6.45, 7) is 3.52. The van der Waals surface area contributed by atoms with Gasteiger partial charge in [0.25, 0.3) is 0 Å². The van der Waals surface area contributed by atoms with E-state index in [1.54, 1.807) is 0 Å². The number of hydrogen-bond donors (Lipinski definition) is 2. The number of esters is 2. The molecule has 0 aromatic rings. The van der Waals surface area contributed by atoms with Crippen molar-refractivity contribution in [3.05, 3.63) is 85.1 Å². The Hall–Kier alpha value is -2.81. The molecule has 0 aromatic carbocycles. The number of unbranched alkanes of at least 4 members (excludes halogenated alkanes) is 25. The van der Waals surface area contributed by atoms with Crippen molar-refractivity contribution in [3.63, 3.8) is 0 Å². The number of phosphoric acid groups is 1. The first-order valence-electron chi connectivity index (χ1n) is 28.1. The van der Waals surface area contributed by atoms with Crippen LogP contribution in [-0.4, -0.2) is 49.3 Å². The Morgan fingerprint density at radius 3 is 1.12 bits per heavy atom. The van der Waals surface area contributed by atoms with Crippen LogP contribution in [0.25, 0.3) is 0 Å². The van der Waals surface area contributed by atoms with E-state index in [1.165, 1.54) is 116 Å². The summed E-state index contributed by atoms with van der Waals surface area (Å²) in [4.78, 5) is 35.1. The monoisotopic (exact) mass is 986 g/mol. The zero-order valence-electron chi connectivity index (χ0n) is 44.3. The highest BCUT2D eigenvalue weighted by Gasteiger charge is 2.26. The van der Waals surface area contributed by atoms with Crippen molar-refractivity contribution in [2.75, 3.05) is 26.4 Å². The lowest BCUT2D eigenvalue weighted by Crippen LogP contribution is -2.29. The Bertz CT molecular complexity index is 1400. The molecule has 0 aliphatic heterocycles. The Kier molecular flexibility index (Phi) is 52.3. The third kappa shape index (κ3) is 54.4. The summed E-state index contributed by atoms with van der Waals surface area (Å²) >= 11 is 0. The first kappa shape index (κ1) is 66.2. The van der Waals surface area contributed by atoms with Gasteiger partial charge in [0.2, 0.25) is 0 Å². The van der Waals surface area contributed by atoms with Crippen molar-refractivity contribution >= 4 is 19.8 Å². The Labute approximate surface area is 424 Å². The van der Waals surface area contributed by atoms with Crippen molar-refractivity contribution in [1.29, 1.82) is 0 Å². The second-order valence-electron chi connectivity index (χ2n) is 18.4. The predicted octanol–water partition coefficient (Wildman–Crippen LogP) is 17.5. The number of allylic oxidation sites excluding steroid dienone is 14. The van der Waals surface area contributed by atoms with E-state index in [0.717, 1.165) is 96.3 Å². The van der Waals surface area contributed by atoms with E-state index < -0.39 is 32.5 Å². The maximum Gasteiger partial charge on any atom is 0.472 e.